The van der Waals surface area contributed by atoms with Crippen LogP contribution >= 0.6 is 0 Å². The van der Waals surface area contributed by atoms with Gasteiger partial charge in [0.25, 0.3) is 0 Å². The first-order chi connectivity index (χ1) is 7.06. The predicted octanol–water partition coefficient (Wildman–Crippen LogP) is 3.40. The topological polar surface area (TPSA) is 26.0 Å². The Labute approximate surface area is 89.3 Å². The van der Waals surface area contributed by atoms with Crippen LogP contribution in [0, 0.1) is 17.6 Å². The lowest BCUT2D eigenvalue weighted by Crippen LogP contribution is -2.17. The molecule has 0 aliphatic rings. The van der Waals surface area contributed by atoms with Gasteiger partial charge in [-0.05, 0) is 24.5 Å². The van der Waals surface area contributed by atoms with E-state index in [4.69, 9.17) is 5.73 Å². The van der Waals surface area contributed by atoms with Gasteiger partial charge in [-0.3, -0.25) is 0 Å². The van der Waals surface area contributed by atoms with Crippen LogP contribution in [-0.4, -0.2) is 0 Å². The molecule has 1 rings (SSSR count). The molecule has 0 saturated carbocycles. The number of rotatable bonds is 4. The Bertz CT molecular complexity index is 305. The third-order valence-electron chi connectivity index (χ3n) is 2.72. The van der Waals surface area contributed by atoms with Crippen LogP contribution in [0.25, 0.3) is 0 Å². The van der Waals surface area contributed by atoms with Gasteiger partial charge in [-0.2, -0.15) is 0 Å². The zero-order chi connectivity index (χ0) is 11.4. The first-order valence-electron chi connectivity index (χ1n) is 5.25. The Kier molecular flexibility index (Phi) is 4.21. The molecule has 2 N–H and O–H groups in total. The van der Waals surface area contributed by atoms with Crippen molar-refractivity contribution in [3.63, 3.8) is 0 Å². The summed E-state index contributed by atoms with van der Waals surface area (Å²) in [6, 6.07) is 3.29. The van der Waals surface area contributed by atoms with E-state index in [9.17, 15) is 8.78 Å². The number of halogens is 2. The molecule has 0 radical (unpaired) electrons. The maximum atomic E-state index is 13.3. The van der Waals surface area contributed by atoms with Gasteiger partial charge >= 0.3 is 0 Å². The lowest BCUT2D eigenvalue weighted by Gasteiger charge is -2.17. The Morgan fingerprint density at radius 1 is 1.27 bits per heavy atom. The van der Waals surface area contributed by atoms with Gasteiger partial charge in [0, 0.05) is 11.6 Å². The van der Waals surface area contributed by atoms with Gasteiger partial charge in [-0.1, -0.05) is 26.3 Å². The van der Waals surface area contributed by atoms with Crippen molar-refractivity contribution in [2.75, 3.05) is 0 Å². The van der Waals surface area contributed by atoms with Crippen molar-refractivity contribution in [3.05, 3.63) is 35.4 Å². The smallest absolute Gasteiger partial charge is 0.130 e. The second kappa shape index (κ2) is 5.21. The Morgan fingerprint density at radius 3 is 2.27 bits per heavy atom. The summed E-state index contributed by atoms with van der Waals surface area (Å²) in [6.45, 7) is 4.06. The number of nitrogens with two attached hydrogens (primary N) is 1. The van der Waals surface area contributed by atoms with Crippen molar-refractivity contribution in [3.8, 4) is 0 Å². The zero-order valence-electron chi connectivity index (χ0n) is 9.13. The van der Waals surface area contributed by atoms with E-state index in [1.54, 1.807) is 0 Å². The molecule has 3 heteroatoms. The fourth-order valence-corrected chi connectivity index (χ4v) is 1.58. The second-order valence-corrected chi connectivity index (χ2v) is 3.99. The van der Waals surface area contributed by atoms with E-state index in [0.29, 0.717) is 12.3 Å². The SMILES string of the molecule is CCC(C)CC(N)c1c(F)cccc1F. The maximum absolute atomic E-state index is 13.3. The molecule has 2 unspecified atom stereocenters. The molecule has 0 heterocycles. The molecule has 0 aliphatic heterocycles. The van der Waals surface area contributed by atoms with Crippen molar-refractivity contribution in [2.24, 2.45) is 11.7 Å². The normalized spacial score (nSPS) is 15.0. The molecule has 0 saturated heterocycles. The van der Waals surface area contributed by atoms with E-state index in [0.717, 1.165) is 6.42 Å². The van der Waals surface area contributed by atoms with Crippen molar-refractivity contribution in [1.29, 1.82) is 0 Å². The summed E-state index contributed by atoms with van der Waals surface area (Å²) in [5, 5.41) is 0. The highest BCUT2D eigenvalue weighted by Gasteiger charge is 2.17. The summed E-state index contributed by atoms with van der Waals surface area (Å²) < 4.78 is 26.7. The minimum atomic E-state index is -0.554. The fraction of sp³-hybridized carbons (Fsp3) is 0.500. The summed E-state index contributed by atoms with van der Waals surface area (Å²) in [6.07, 6.45) is 1.57. The summed E-state index contributed by atoms with van der Waals surface area (Å²) in [5.41, 5.74) is 5.81. The highest BCUT2D eigenvalue weighted by atomic mass is 19.1. The molecular formula is C12H17F2N. The van der Waals surface area contributed by atoms with Crippen LogP contribution in [0.3, 0.4) is 0 Å². The summed E-state index contributed by atoms with van der Waals surface area (Å²) in [5.74, 6) is -0.726. The first-order valence-corrected chi connectivity index (χ1v) is 5.25. The van der Waals surface area contributed by atoms with E-state index < -0.39 is 17.7 Å². The van der Waals surface area contributed by atoms with Gasteiger partial charge < -0.3 is 5.73 Å². The van der Waals surface area contributed by atoms with Crippen LogP contribution in [0.2, 0.25) is 0 Å². The van der Waals surface area contributed by atoms with E-state index in [2.05, 4.69) is 0 Å². The molecule has 0 fully saturated rings. The van der Waals surface area contributed by atoms with Crippen molar-refractivity contribution in [1.82, 2.24) is 0 Å². The lowest BCUT2D eigenvalue weighted by molar-refractivity contribution is 0.434. The van der Waals surface area contributed by atoms with Crippen LogP contribution in [0.4, 0.5) is 8.78 Å². The number of benzene rings is 1. The number of hydrogen-bond acceptors (Lipinski definition) is 1. The van der Waals surface area contributed by atoms with Crippen LogP contribution in [0.15, 0.2) is 18.2 Å². The van der Waals surface area contributed by atoms with E-state index in [1.807, 2.05) is 13.8 Å². The van der Waals surface area contributed by atoms with Gasteiger partial charge in [-0.25, -0.2) is 8.78 Å². The zero-order valence-corrected chi connectivity index (χ0v) is 9.13. The highest BCUT2D eigenvalue weighted by molar-refractivity contribution is 5.22. The van der Waals surface area contributed by atoms with Gasteiger partial charge in [0.05, 0.1) is 0 Å². The van der Waals surface area contributed by atoms with E-state index >= 15 is 0 Å². The largest absolute Gasteiger partial charge is 0.324 e. The average molecular weight is 213 g/mol. The molecule has 0 aromatic heterocycles. The van der Waals surface area contributed by atoms with Crippen molar-refractivity contribution >= 4 is 0 Å². The maximum Gasteiger partial charge on any atom is 0.130 e. The molecule has 1 aromatic carbocycles. The van der Waals surface area contributed by atoms with Crippen molar-refractivity contribution in [2.45, 2.75) is 32.7 Å². The fourth-order valence-electron chi connectivity index (χ4n) is 1.58. The molecule has 1 nitrogen and oxygen atoms in total. The molecular weight excluding hydrogens is 196 g/mol. The summed E-state index contributed by atoms with van der Waals surface area (Å²) >= 11 is 0. The quantitative estimate of drug-likeness (QED) is 0.815. The Hall–Kier alpha value is -0.960. The lowest BCUT2D eigenvalue weighted by atomic mass is 9.94. The van der Waals surface area contributed by atoms with Gasteiger partial charge in [-0.15, -0.1) is 0 Å². The molecule has 84 valence electrons. The van der Waals surface area contributed by atoms with E-state index in [1.165, 1.54) is 18.2 Å². The third kappa shape index (κ3) is 2.99. The van der Waals surface area contributed by atoms with Gasteiger partial charge in [0.15, 0.2) is 0 Å². The molecule has 0 amide bonds. The van der Waals surface area contributed by atoms with Crippen LogP contribution in [-0.2, 0) is 0 Å². The van der Waals surface area contributed by atoms with Crippen LogP contribution in [0.5, 0.6) is 0 Å². The number of hydrogen-bond donors (Lipinski definition) is 1. The molecule has 0 spiro atoms. The highest BCUT2D eigenvalue weighted by Crippen LogP contribution is 2.25. The molecule has 0 bridgehead atoms. The van der Waals surface area contributed by atoms with Crippen LogP contribution in [0.1, 0.15) is 38.3 Å². The Balaban J connectivity index is 2.86. The molecule has 0 aliphatic carbocycles. The third-order valence-corrected chi connectivity index (χ3v) is 2.72. The monoisotopic (exact) mass is 213 g/mol. The molecule has 2 atom stereocenters. The Morgan fingerprint density at radius 2 is 1.80 bits per heavy atom. The van der Waals surface area contributed by atoms with Gasteiger partial charge in [0.2, 0.25) is 0 Å². The van der Waals surface area contributed by atoms with Gasteiger partial charge in [0.1, 0.15) is 11.6 Å². The summed E-state index contributed by atoms with van der Waals surface area (Å²) in [4.78, 5) is 0. The average Bonchev–Trinajstić information content (AvgIpc) is 2.17. The molecule has 1 aromatic rings. The second-order valence-electron chi connectivity index (χ2n) is 3.99. The molecule has 15 heavy (non-hydrogen) atoms. The summed E-state index contributed by atoms with van der Waals surface area (Å²) in [7, 11) is 0. The minimum Gasteiger partial charge on any atom is -0.324 e. The minimum absolute atomic E-state index is 0.0119. The van der Waals surface area contributed by atoms with Crippen molar-refractivity contribution < 1.29 is 8.78 Å². The van der Waals surface area contributed by atoms with Crippen LogP contribution < -0.4 is 5.73 Å². The standard InChI is InChI=1S/C12H17F2N/c1-3-8(2)7-11(15)12-9(13)5-4-6-10(12)14/h4-6,8,11H,3,7,15H2,1-2H3. The predicted molar refractivity (Wildman–Crippen MR) is 57.4 cm³/mol. The first kappa shape index (κ1) is 12.1. The van der Waals surface area contributed by atoms with E-state index in [-0.39, 0.29) is 5.56 Å².